The van der Waals surface area contributed by atoms with Crippen molar-refractivity contribution in [2.75, 3.05) is 0 Å². The van der Waals surface area contributed by atoms with Crippen LogP contribution < -0.4 is 0 Å². The minimum absolute atomic E-state index is 0.0411. The van der Waals surface area contributed by atoms with Gasteiger partial charge in [0.1, 0.15) is 29.2 Å². The summed E-state index contributed by atoms with van der Waals surface area (Å²) in [6.45, 7) is 3.02. The highest BCUT2D eigenvalue weighted by Crippen LogP contribution is 2.35. The maximum Gasteiger partial charge on any atom is 0.234 e. The fourth-order valence-corrected chi connectivity index (χ4v) is 5.08. The van der Waals surface area contributed by atoms with E-state index in [4.69, 9.17) is 16.6 Å². The van der Waals surface area contributed by atoms with E-state index < -0.39 is 6.10 Å². The first-order valence-corrected chi connectivity index (χ1v) is 12.1. The number of nitrogens with zero attached hydrogens (tertiary/aromatic N) is 5. The molecule has 0 spiro atoms. The highest BCUT2D eigenvalue weighted by Gasteiger charge is 2.27. The molecule has 2 aromatic heterocycles. The zero-order valence-electron chi connectivity index (χ0n) is 19.0. The molecule has 34 heavy (non-hydrogen) atoms. The number of imidazole rings is 1. The zero-order valence-corrected chi connectivity index (χ0v) is 19.8. The number of aliphatic hydroxyl groups is 1. The molecule has 172 valence electrons. The number of fused-ring (bicyclic) bond motifs is 1. The molecule has 2 heterocycles. The summed E-state index contributed by atoms with van der Waals surface area (Å²) >= 11 is 6.29. The van der Waals surface area contributed by atoms with Crippen molar-refractivity contribution in [3.63, 3.8) is 0 Å². The Bertz CT molecular complexity index is 1350. The normalized spacial score (nSPS) is 19.1. The quantitative estimate of drug-likeness (QED) is 0.390. The standard InChI is InChI=1S/C27H26ClN5O/c1-17-10-12-18(13-11-17)16-33-24-23(20-8-5-9-21(28)14-20)30-22(15-29)31-26(24)32-27(33)25(34)19-6-3-2-4-7-19/h2-9,14,17-18,25,34H,10-13,16H2,1H3. The Hall–Kier alpha value is -3.27. The van der Waals surface area contributed by atoms with Crippen LogP contribution in [0.3, 0.4) is 0 Å². The molecule has 1 N–H and O–H groups in total. The highest BCUT2D eigenvalue weighted by molar-refractivity contribution is 6.30. The maximum atomic E-state index is 11.4. The van der Waals surface area contributed by atoms with Gasteiger partial charge in [0.2, 0.25) is 5.82 Å². The lowest BCUT2D eigenvalue weighted by molar-refractivity contribution is 0.198. The van der Waals surface area contributed by atoms with Gasteiger partial charge in [0.15, 0.2) is 5.65 Å². The summed E-state index contributed by atoms with van der Waals surface area (Å²) in [6, 6.07) is 19.0. The Morgan fingerprint density at radius 2 is 1.82 bits per heavy atom. The molecule has 6 nitrogen and oxygen atoms in total. The van der Waals surface area contributed by atoms with E-state index in [1.54, 1.807) is 6.07 Å². The van der Waals surface area contributed by atoms with E-state index in [-0.39, 0.29) is 5.82 Å². The van der Waals surface area contributed by atoms with Gasteiger partial charge in [-0.3, -0.25) is 0 Å². The molecule has 1 aliphatic carbocycles. The van der Waals surface area contributed by atoms with Crippen molar-refractivity contribution in [1.82, 2.24) is 19.5 Å². The summed E-state index contributed by atoms with van der Waals surface area (Å²) in [5, 5.41) is 21.5. The summed E-state index contributed by atoms with van der Waals surface area (Å²) in [6.07, 6.45) is 3.74. The van der Waals surface area contributed by atoms with Crippen LogP contribution in [0.25, 0.3) is 22.4 Å². The van der Waals surface area contributed by atoms with Crippen LogP contribution in [0.1, 0.15) is 55.9 Å². The fraction of sp³-hybridized carbons (Fsp3) is 0.333. The van der Waals surface area contributed by atoms with Gasteiger partial charge >= 0.3 is 0 Å². The second-order valence-electron chi connectivity index (χ2n) is 9.21. The highest BCUT2D eigenvalue weighted by atomic mass is 35.5. The van der Waals surface area contributed by atoms with E-state index in [9.17, 15) is 10.4 Å². The van der Waals surface area contributed by atoms with Gasteiger partial charge in [-0.1, -0.05) is 73.8 Å². The Morgan fingerprint density at radius 3 is 2.53 bits per heavy atom. The third kappa shape index (κ3) is 4.42. The monoisotopic (exact) mass is 471 g/mol. The second kappa shape index (κ2) is 9.54. The Labute approximate surface area is 203 Å². The molecule has 0 saturated heterocycles. The van der Waals surface area contributed by atoms with E-state index in [1.165, 1.54) is 12.8 Å². The van der Waals surface area contributed by atoms with Crippen LogP contribution in [0.4, 0.5) is 0 Å². The van der Waals surface area contributed by atoms with E-state index in [0.29, 0.717) is 34.7 Å². The molecule has 5 rings (SSSR count). The smallest absolute Gasteiger partial charge is 0.234 e. The van der Waals surface area contributed by atoms with Crippen LogP contribution in [0, 0.1) is 23.2 Å². The number of nitriles is 1. The molecule has 1 aliphatic rings. The molecule has 1 unspecified atom stereocenters. The molecule has 0 aliphatic heterocycles. The molecule has 0 amide bonds. The summed E-state index contributed by atoms with van der Waals surface area (Å²) in [7, 11) is 0. The number of benzene rings is 2. The lowest BCUT2D eigenvalue weighted by atomic mass is 9.83. The molecule has 0 radical (unpaired) electrons. The summed E-state index contributed by atoms with van der Waals surface area (Å²) in [4.78, 5) is 13.7. The van der Waals surface area contributed by atoms with Crippen molar-refractivity contribution >= 4 is 22.8 Å². The van der Waals surface area contributed by atoms with Gasteiger partial charge in [-0.05, 0) is 42.4 Å². The van der Waals surface area contributed by atoms with Crippen LogP contribution in [0.5, 0.6) is 0 Å². The average molecular weight is 472 g/mol. The molecule has 1 atom stereocenters. The minimum Gasteiger partial charge on any atom is -0.380 e. The Morgan fingerprint density at radius 1 is 1.06 bits per heavy atom. The fourth-order valence-electron chi connectivity index (χ4n) is 4.89. The first kappa shape index (κ1) is 22.5. The van der Waals surface area contributed by atoms with Crippen LogP contribution in [0.15, 0.2) is 54.6 Å². The largest absolute Gasteiger partial charge is 0.380 e. The predicted molar refractivity (Wildman–Crippen MR) is 132 cm³/mol. The molecular weight excluding hydrogens is 446 g/mol. The average Bonchev–Trinajstić information content (AvgIpc) is 3.23. The lowest BCUT2D eigenvalue weighted by Gasteiger charge is -2.27. The van der Waals surface area contributed by atoms with Gasteiger partial charge in [0, 0.05) is 17.1 Å². The Kier molecular flexibility index (Phi) is 6.32. The van der Waals surface area contributed by atoms with Gasteiger partial charge < -0.3 is 9.67 Å². The van der Waals surface area contributed by atoms with Crippen molar-refractivity contribution in [3.05, 3.63) is 76.8 Å². The van der Waals surface area contributed by atoms with Crippen molar-refractivity contribution in [1.29, 1.82) is 5.26 Å². The van der Waals surface area contributed by atoms with E-state index in [2.05, 4.69) is 27.5 Å². The number of rotatable bonds is 5. The molecule has 4 aromatic rings. The third-order valence-corrected chi connectivity index (χ3v) is 7.00. The lowest BCUT2D eigenvalue weighted by Crippen LogP contribution is -2.20. The summed E-state index contributed by atoms with van der Waals surface area (Å²) in [5.74, 6) is 1.78. The second-order valence-corrected chi connectivity index (χ2v) is 9.65. The maximum absolute atomic E-state index is 11.4. The summed E-state index contributed by atoms with van der Waals surface area (Å²) in [5.41, 5.74) is 3.29. The van der Waals surface area contributed by atoms with Gasteiger partial charge in [-0.15, -0.1) is 0 Å². The number of halogens is 1. The zero-order chi connectivity index (χ0) is 23.7. The van der Waals surface area contributed by atoms with Crippen molar-refractivity contribution in [3.8, 4) is 17.3 Å². The van der Waals surface area contributed by atoms with Gasteiger partial charge in [-0.2, -0.15) is 10.2 Å². The van der Waals surface area contributed by atoms with Crippen molar-refractivity contribution < 1.29 is 5.11 Å². The van der Waals surface area contributed by atoms with E-state index in [0.717, 1.165) is 35.4 Å². The number of aliphatic hydroxyl groups excluding tert-OH is 1. The van der Waals surface area contributed by atoms with Crippen molar-refractivity contribution in [2.24, 2.45) is 11.8 Å². The first-order chi connectivity index (χ1) is 16.5. The molecule has 1 saturated carbocycles. The van der Waals surface area contributed by atoms with Crippen molar-refractivity contribution in [2.45, 2.75) is 45.3 Å². The van der Waals surface area contributed by atoms with Crippen LogP contribution in [0.2, 0.25) is 5.02 Å². The van der Waals surface area contributed by atoms with E-state index >= 15 is 0 Å². The molecule has 2 aromatic carbocycles. The summed E-state index contributed by atoms with van der Waals surface area (Å²) < 4.78 is 2.07. The van der Waals surface area contributed by atoms with Crippen LogP contribution >= 0.6 is 11.6 Å². The van der Waals surface area contributed by atoms with Gasteiger partial charge in [0.25, 0.3) is 0 Å². The Balaban J connectivity index is 1.72. The van der Waals surface area contributed by atoms with Crippen LogP contribution in [-0.4, -0.2) is 24.6 Å². The van der Waals surface area contributed by atoms with E-state index in [1.807, 2.05) is 48.5 Å². The number of hydrogen-bond acceptors (Lipinski definition) is 5. The molecule has 1 fully saturated rings. The van der Waals surface area contributed by atoms with Gasteiger partial charge in [-0.25, -0.2) is 9.97 Å². The first-order valence-electron chi connectivity index (χ1n) is 11.7. The molecule has 0 bridgehead atoms. The topological polar surface area (TPSA) is 87.6 Å². The number of aromatic nitrogens is 4. The SMILES string of the molecule is CC1CCC(Cn2c(C(O)c3ccccc3)nc3nc(C#N)nc(-c4cccc(Cl)c4)c32)CC1. The van der Waals surface area contributed by atoms with Crippen LogP contribution in [-0.2, 0) is 6.54 Å². The molecular formula is C27H26ClN5O. The predicted octanol–water partition coefficient (Wildman–Crippen LogP) is 5.93. The van der Waals surface area contributed by atoms with Gasteiger partial charge in [0.05, 0.1) is 0 Å². The minimum atomic E-state index is -0.921. The molecule has 7 heteroatoms. The number of hydrogen-bond donors (Lipinski definition) is 1. The third-order valence-electron chi connectivity index (χ3n) is 6.77.